The zero-order chi connectivity index (χ0) is 26.8. The van der Waals surface area contributed by atoms with E-state index in [1.165, 1.54) is 23.6 Å². The number of aliphatic hydroxyl groups excluding tert-OH is 2. The van der Waals surface area contributed by atoms with Crippen LogP contribution in [0.5, 0.6) is 0 Å². The van der Waals surface area contributed by atoms with Crippen molar-refractivity contribution < 1.29 is 19.7 Å². The average Bonchev–Trinajstić information content (AvgIpc) is 3.15. The number of carbonyl (C=O) groups excluding carboxylic acids is 1. The van der Waals surface area contributed by atoms with E-state index in [0.717, 1.165) is 50.5 Å². The molecule has 1 fully saturated rings. The first-order chi connectivity index (χ1) is 16.7. The summed E-state index contributed by atoms with van der Waals surface area (Å²) in [5, 5.41) is 23.0. The van der Waals surface area contributed by atoms with Gasteiger partial charge < -0.3 is 14.9 Å². The first-order valence-corrected chi connectivity index (χ1v) is 14.3. The lowest BCUT2D eigenvalue weighted by Crippen LogP contribution is -2.60. The van der Waals surface area contributed by atoms with Gasteiger partial charge in [-0.1, -0.05) is 66.7 Å². The monoisotopic (exact) mass is 498 g/mol. The molecule has 36 heavy (non-hydrogen) atoms. The zero-order valence-electron chi connectivity index (χ0n) is 24.0. The van der Waals surface area contributed by atoms with Crippen LogP contribution in [-0.4, -0.2) is 34.5 Å². The lowest BCUT2D eigenvalue weighted by molar-refractivity contribution is -0.168. The summed E-state index contributed by atoms with van der Waals surface area (Å²) in [6.45, 7) is 21.4. The SMILES string of the molecule is C=C(CC[C@@H](C)[C@H]1CC=C2C3=C([C@@H](O)[C@H](OC(C)=O)[C@@]21C)[C@@]1(C)CC[C@H](O)C(C)(C)C1CC3)C(C)C. The summed E-state index contributed by atoms with van der Waals surface area (Å²) in [4.78, 5) is 12.4. The first-order valence-electron chi connectivity index (χ1n) is 14.3. The molecule has 0 bridgehead atoms. The molecule has 1 saturated carbocycles. The van der Waals surface area contributed by atoms with Crippen molar-refractivity contribution in [1.82, 2.24) is 0 Å². The molecule has 4 rings (SSSR count). The van der Waals surface area contributed by atoms with Crippen LogP contribution in [0.15, 0.2) is 34.9 Å². The zero-order valence-corrected chi connectivity index (χ0v) is 24.0. The molecule has 0 amide bonds. The van der Waals surface area contributed by atoms with Crippen LogP contribution in [0, 0.1) is 39.9 Å². The van der Waals surface area contributed by atoms with Crippen LogP contribution >= 0.6 is 0 Å². The number of ether oxygens (including phenoxy) is 1. The van der Waals surface area contributed by atoms with E-state index in [-0.39, 0.29) is 28.8 Å². The number of fused-ring (bicyclic) bond motifs is 4. The highest BCUT2D eigenvalue weighted by molar-refractivity contribution is 5.67. The minimum atomic E-state index is -0.816. The van der Waals surface area contributed by atoms with Crippen molar-refractivity contribution in [2.75, 3.05) is 0 Å². The quantitative estimate of drug-likeness (QED) is 0.313. The molecule has 0 aliphatic heterocycles. The van der Waals surface area contributed by atoms with E-state index in [0.29, 0.717) is 17.8 Å². The summed E-state index contributed by atoms with van der Waals surface area (Å²) in [5.41, 5.74) is 4.18. The second-order valence-electron chi connectivity index (χ2n) is 13.8. The Morgan fingerprint density at radius 1 is 1.17 bits per heavy atom. The molecule has 1 unspecified atom stereocenters. The van der Waals surface area contributed by atoms with Crippen molar-refractivity contribution in [1.29, 1.82) is 0 Å². The van der Waals surface area contributed by atoms with E-state index >= 15 is 0 Å². The van der Waals surface area contributed by atoms with E-state index in [4.69, 9.17) is 4.74 Å². The minimum Gasteiger partial charge on any atom is -0.458 e. The third-order valence-corrected chi connectivity index (χ3v) is 11.2. The van der Waals surface area contributed by atoms with Crippen molar-refractivity contribution in [3.05, 3.63) is 34.9 Å². The third kappa shape index (κ3) is 4.06. The van der Waals surface area contributed by atoms with Gasteiger partial charge in [0.15, 0.2) is 0 Å². The fourth-order valence-electron chi connectivity index (χ4n) is 8.91. The maximum absolute atomic E-state index is 12.4. The number of carbonyl (C=O) groups is 1. The molecule has 4 heteroatoms. The van der Waals surface area contributed by atoms with E-state index in [1.807, 2.05) is 0 Å². The lowest BCUT2D eigenvalue weighted by Gasteiger charge is -2.61. The Kier molecular flexibility index (Phi) is 7.23. The summed E-state index contributed by atoms with van der Waals surface area (Å²) < 4.78 is 6.08. The predicted octanol–water partition coefficient (Wildman–Crippen LogP) is 6.77. The van der Waals surface area contributed by atoms with E-state index in [1.54, 1.807) is 0 Å². The Balaban J connectivity index is 1.76. The molecule has 4 nitrogen and oxygen atoms in total. The molecule has 4 aliphatic rings. The molecule has 0 saturated heterocycles. The van der Waals surface area contributed by atoms with Crippen LogP contribution in [0.3, 0.4) is 0 Å². The smallest absolute Gasteiger partial charge is 0.303 e. The van der Waals surface area contributed by atoms with Gasteiger partial charge in [-0.2, -0.15) is 0 Å². The number of aliphatic hydroxyl groups is 2. The largest absolute Gasteiger partial charge is 0.458 e. The summed E-state index contributed by atoms with van der Waals surface area (Å²) in [6, 6.07) is 0. The molecular formula is C32H50O4. The molecule has 202 valence electrons. The highest BCUT2D eigenvalue weighted by Crippen LogP contribution is 2.67. The summed E-state index contributed by atoms with van der Waals surface area (Å²) in [7, 11) is 0. The molecule has 0 radical (unpaired) electrons. The Morgan fingerprint density at radius 3 is 2.44 bits per heavy atom. The number of hydrogen-bond acceptors (Lipinski definition) is 4. The molecular weight excluding hydrogens is 448 g/mol. The van der Waals surface area contributed by atoms with Gasteiger partial charge >= 0.3 is 5.97 Å². The number of esters is 1. The predicted molar refractivity (Wildman–Crippen MR) is 145 cm³/mol. The number of hydrogen-bond donors (Lipinski definition) is 2. The Hall–Kier alpha value is -1.39. The Morgan fingerprint density at radius 2 is 1.83 bits per heavy atom. The molecule has 0 aromatic heterocycles. The van der Waals surface area contributed by atoms with Crippen molar-refractivity contribution in [2.45, 2.75) is 119 Å². The third-order valence-electron chi connectivity index (χ3n) is 11.2. The van der Waals surface area contributed by atoms with E-state index in [9.17, 15) is 15.0 Å². The molecule has 0 aromatic carbocycles. The van der Waals surface area contributed by atoms with Gasteiger partial charge in [-0.25, -0.2) is 0 Å². The van der Waals surface area contributed by atoms with Gasteiger partial charge in [-0.3, -0.25) is 4.79 Å². The highest BCUT2D eigenvalue weighted by atomic mass is 16.6. The topological polar surface area (TPSA) is 66.8 Å². The van der Waals surface area contributed by atoms with Gasteiger partial charge in [0, 0.05) is 12.3 Å². The molecule has 0 aromatic rings. The highest BCUT2D eigenvalue weighted by Gasteiger charge is 2.63. The Bertz CT molecular complexity index is 971. The van der Waals surface area contributed by atoms with Gasteiger partial charge in [-0.15, -0.1) is 0 Å². The van der Waals surface area contributed by atoms with Crippen molar-refractivity contribution in [2.24, 2.45) is 39.9 Å². The van der Waals surface area contributed by atoms with Crippen LogP contribution < -0.4 is 0 Å². The van der Waals surface area contributed by atoms with Crippen molar-refractivity contribution >= 4 is 5.97 Å². The van der Waals surface area contributed by atoms with Crippen LogP contribution in [0.2, 0.25) is 0 Å². The number of rotatable bonds is 6. The van der Waals surface area contributed by atoms with Crippen LogP contribution in [-0.2, 0) is 9.53 Å². The van der Waals surface area contributed by atoms with Gasteiger partial charge in [0.2, 0.25) is 0 Å². The second-order valence-corrected chi connectivity index (χ2v) is 13.8. The molecule has 0 heterocycles. The summed E-state index contributed by atoms with van der Waals surface area (Å²) in [5.74, 6) is 1.16. The lowest BCUT2D eigenvalue weighted by atomic mass is 9.45. The van der Waals surface area contributed by atoms with Crippen LogP contribution in [0.25, 0.3) is 0 Å². The van der Waals surface area contributed by atoms with E-state index < -0.39 is 17.6 Å². The fourth-order valence-corrected chi connectivity index (χ4v) is 8.91. The van der Waals surface area contributed by atoms with E-state index in [2.05, 4.69) is 61.1 Å². The minimum absolute atomic E-state index is 0.213. The Labute approximate surface area is 219 Å². The first kappa shape index (κ1) is 27.6. The van der Waals surface area contributed by atoms with Gasteiger partial charge in [0.05, 0.1) is 6.10 Å². The van der Waals surface area contributed by atoms with Crippen LogP contribution in [0.4, 0.5) is 0 Å². The van der Waals surface area contributed by atoms with Crippen molar-refractivity contribution in [3.8, 4) is 0 Å². The maximum Gasteiger partial charge on any atom is 0.303 e. The maximum atomic E-state index is 12.4. The molecule has 8 atom stereocenters. The fraction of sp³-hybridized carbons (Fsp3) is 0.781. The summed E-state index contributed by atoms with van der Waals surface area (Å²) >= 11 is 0. The normalized spacial score (nSPS) is 40.2. The van der Waals surface area contributed by atoms with Gasteiger partial charge in [0.1, 0.15) is 12.2 Å². The molecule has 2 N–H and O–H groups in total. The summed E-state index contributed by atoms with van der Waals surface area (Å²) in [6.07, 6.45) is 7.21. The van der Waals surface area contributed by atoms with Crippen molar-refractivity contribution in [3.63, 3.8) is 0 Å². The average molecular weight is 499 g/mol. The second kappa shape index (κ2) is 9.42. The van der Waals surface area contributed by atoms with Gasteiger partial charge in [0.25, 0.3) is 0 Å². The molecule has 0 spiro atoms. The van der Waals surface area contributed by atoms with Gasteiger partial charge in [-0.05, 0) is 96.2 Å². The van der Waals surface area contributed by atoms with Crippen LogP contribution in [0.1, 0.15) is 100 Å². The molecule has 4 aliphatic carbocycles. The standard InChI is InChI=1S/C32H50O4/c1-18(2)19(3)10-11-20(4)23-13-14-24-22-12-15-25-30(6,7)26(34)16-17-31(25,8)27(22)28(35)29(32(23,24)9)36-21(5)33/h14,18,20,23,25-26,28-29,34-35H,3,10-13,15-17H2,1-2,4-9H3/t20-,23-,25?,26+,28-,29+,31+,32-/m1/s1. The number of allylic oxidation sites excluding steroid dienone is 3.